The smallest absolute Gasteiger partial charge is 0.433 e. The summed E-state index contributed by atoms with van der Waals surface area (Å²) in [5.41, 5.74) is 4.73. The summed E-state index contributed by atoms with van der Waals surface area (Å²) in [6, 6.07) is 6.41. The summed E-state index contributed by atoms with van der Waals surface area (Å²) in [7, 11) is 0. The molecule has 0 saturated heterocycles. The van der Waals surface area contributed by atoms with E-state index in [-0.39, 0.29) is 23.2 Å². The second kappa shape index (κ2) is 6.09. The third kappa shape index (κ3) is 3.78. The first-order chi connectivity index (χ1) is 9.81. The van der Waals surface area contributed by atoms with Crippen molar-refractivity contribution in [2.45, 2.75) is 12.7 Å². The Morgan fingerprint density at radius 1 is 1.14 bits per heavy atom. The molecule has 0 spiro atoms. The van der Waals surface area contributed by atoms with E-state index in [1.807, 2.05) is 0 Å². The van der Waals surface area contributed by atoms with Crippen molar-refractivity contribution in [3.8, 4) is 11.6 Å². The summed E-state index contributed by atoms with van der Waals surface area (Å²) >= 11 is 11.7. The van der Waals surface area contributed by atoms with Crippen LogP contribution < -0.4 is 10.5 Å². The molecule has 21 heavy (non-hydrogen) atoms. The lowest BCUT2D eigenvalue weighted by atomic mass is 10.2. The first kappa shape index (κ1) is 15.9. The summed E-state index contributed by atoms with van der Waals surface area (Å²) in [5, 5.41) is 0.535. The highest BCUT2D eigenvalue weighted by atomic mass is 35.5. The molecule has 0 atom stereocenters. The standard InChI is InChI=1S/C13H9Cl2F3N2O/c14-8-2-3-10(9(15)5-8)21-12-7(6-19)1-4-11(20-12)13(16,17)18/h1-5H,6,19H2. The Balaban J connectivity index is 2.42. The van der Waals surface area contributed by atoms with Crippen molar-refractivity contribution in [2.75, 3.05) is 0 Å². The lowest BCUT2D eigenvalue weighted by Gasteiger charge is -2.13. The van der Waals surface area contributed by atoms with Crippen LogP contribution in [0, 0.1) is 0 Å². The minimum Gasteiger partial charge on any atom is -0.437 e. The van der Waals surface area contributed by atoms with E-state index in [1.54, 1.807) is 0 Å². The average Bonchev–Trinajstić information content (AvgIpc) is 2.41. The Bertz CT molecular complexity index is 662. The Hall–Kier alpha value is -1.50. The number of nitrogens with zero attached hydrogens (tertiary/aromatic N) is 1. The van der Waals surface area contributed by atoms with Crippen LogP contribution in [0.5, 0.6) is 11.6 Å². The molecular weight excluding hydrogens is 328 g/mol. The Morgan fingerprint density at radius 2 is 1.86 bits per heavy atom. The van der Waals surface area contributed by atoms with Gasteiger partial charge in [-0.05, 0) is 24.3 Å². The fourth-order valence-electron chi connectivity index (χ4n) is 1.53. The number of pyridine rings is 1. The van der Waals surface area contributed by atoms with E-state index in [9.17, 15) is 13.2 Å². The number of nitrogens with two attached hydrogens (primary N) is 1. The van der Waals surface area contributed by atoms with Crippen LogP contribution in [0.1, 0.15) is 11.3 Å². The number of benzene rings is 1. The molecule has 0 aliphatic rings. The molecule has 0 aliphatic carbocycles. The number of aromatic nitrogens is 1. The van der Waals surface area contributed by atoms with Crippen molar-refractivity contribution >= 4 is 23.2 Å². The first-order valence-corrected chi connectivity index (χ1v) is 6.47. The third-order valence-electron chi connectivity index (χ3n) is 2.55. The van der Waals surface area contributed by atoms with Crippen LogP contribution in [-0.4, -0.2) is 4.98 Å². The van der Waals surface area contributed by atoms with Gasteiger partial charge >= 0.3 is 6.18 Å². The van der Waals surface area contributed by atoms with Gasteiger partial charge in [-0.2, -0.15) is 13.2 Å². The number of alkyl halides is 3. The van der Waals surface area contributed by atoms with E-state index in [4.69, 9.17) is 33.7 Å². The van der Waals surface area contributed by atoms with Crippen molar-refractivity contribution < 1.29 is 17.9 Å². The number of halogens is 5. The minimum atomic E-state index is -4.57. The van der Waals surface area contributed by atoms with Crippen LogP contribution in [-0.2, 0) is 12.7 Å². The molecule has 2 aromatic rings. The van der Waals surface area contributed by atoms with Crippen molar-refractivity contribution in [3.63, 3.8) is 0 Å². The predicted octanol–water partition coefficient (Wildman–Crippen LogP) is 4.66. The van der Waals surface area contributed by atoms with Crippen LogP contribution >= 0.6 is 23.2 Å². The molecule has 0 amide bonds. The van der Waals surface area contributed by atoms with E-state index in [0.717, 1.165) is 6.07 Å². The maximum atomic E-state index is 12.7. The third-order valence-corrected chi connectivity index (χ3v) is 3.08. The van der Waals surface area contributed by atoms with Crippen LogP contribution in [0.15, 0.2) is 30.3 Å². The molecule has 0 bridgehead atoms. The molecule has 112 valence electrons. The summed E-state index contributed by atoms with van der Waals surface area (Å²) in [4.78, 5) is 3.45. The van der Waals surface area contributed by atoms with Gasteiger partial charge in [0.25, 0.3) is 0 Å². The fraction of sp³-hybridized carbons (Fsp3) is 0.154. The van der Waals surface area contributed by atoms with Gasteiger partial charge in [-0.15, -0.1) is 0 Å². The monoisotopic (exact) mass is 336 g/mol. The van der Waals surface area contributed by atoms with Crippen molar-refractivity contribution in [1.29, 1.82) is 0 Å². The molecule has 0 unspecified atom stereocenters. The van der Waals surface area contributed by atoms with Gasteiger partial charge in [-0.25, -0.2) is 4.98 Å². The molecule has 1 aromatic heterocycles. The molecule has 0 saturated carbocycles. The second-order valence-electron chi connectivity index (χ2n) is 4.04. The summed E-state index contributed by atoms with van der Waals surface area (Å²) < 4.78 is 43.4. The maximum absolute atomic E-state index is 12.7. The molecule has 3 nitrogen and oxygen atoms in total. The zero-order valence-electron chi connectivity index (χ0n) is 10.4. The molecule has 1 aromatic carbocycles. The second-order valence-corrected chi connectivity index (χ2v) is 4.88. The summed E-state index contributed by atoms with van der Waals surface area (Å²) in [6.45, 7) is -0.0221. The number of rotatable bonds is 3. The lowest BCUT2D eigenvalue weighted by Crippen LogP contribution is -2.10. The lowest BCUT2D eigenvalue weighted by molar-refractivity contribution is -0.141. The van der Waals surface area contributed by atoms with Gasteiger partial charge in [0, 0.05) is 17.1 Å². The minimum absolute atomic E-state index is 0.0221. The van der Waals surface area contributed by atoms with Crippen molar-refractivity contribution in [3.05, 3.63) is 51.6 Å². The van der Waals surface area contributed by atoms with Gasteiger partial charge in [0.15, 0.2) is 0 Å². The van der Waals surface area contributed by atoms with Crippen LogP contribution in [0.3, 0.4) is 0 Å². The number of ether oxygens (including phenoxy) is 1. The van der Waals surface area contributed by atoms with Crippen LogP contribution in [0.2, 0.25) is 10.0 Å². The van der Waals surface area contributed by atoms with Gasteiger partial charge in [0.2, 0.25) is 5.88 Å². The summed E-state index contributed by atoms with van der Waals surface area (Å²) in [5.74, 6) is -0.0980. The Morgan fingerprint density at radius 3 is 2.43 bits per heavy atom. The van der Waals surface area contributed by atoms with E-state index in [1.165, 1.54) is 24.3 Å². The maximum Gasteiger partial charge on any atom is 0.433 e. The van der Waals surface area contributed by atoms with Gasteiger partial charge in [0.05, 0.1) is 5.02 Å². The number of hydrogen-bond acceptors (Lipinski definition) is 3. The van der Waals surface area contributed by atoms with Crippen LogP contribution in [0.25, 0.3) is 0 Å². The average molecular weight is 337 g/mol. The first-order valence-electron chi connectivity index (χ1n) is 5.71. The molecule has 0 fully saturated rings. The number of hydrogen-bond donors (Lipinski definition) is 1. The molecule has 0 aliphatic heterocycles. The fourth-order valence-corrected chi connectivity index (χ4v) is 1.98. The zero-order valence-corrected chi connectivity index (χ0v) is 11.9. The molecule has 2 rings (SSSR count). The van der Waals surface area contributed by atoms with Gasteiger partial charge in [-0.3, -0.25) is 0 Å². The highest BCUT2D eigenvalue weighted by molar-refractivity contribution is 6.35. The summed E-state index contributed by atoms with van der Waals surface area (Å²) in [6.07, 6.45) is -4.57. The highest BCUT2D eigenvalue weighted by Crippen LogP contribution is 2.34. The van der Waals surface area contributed by atoms with Gasteiger partial charge in [-0.1, -0.05) is 29.3 Å². The van der Waals surface area contributed by atoms with Gasteiger partial charge < -0.3 is 10.5 Å². The molecule has 1 heterocycles. The topological polar surface area (TPSA) is 48.1 Å². The van der Waals surface area contributed by atoms with Gasteiger partial charge in [0.1, 0.15) is 11.4 Å². The molecule has 2 N–H and O–H groups in total. The van der Waals surface area contributed by atoms with Crippen molar-refractivity contribution in [2.24, 2.45) is 5.73 Å². The SMILES string of the molecule is NCc1ccc(C(F)(F)F)nc1Oc1ccc(Cl)cc1Cl. The van der Waals surface area contributed by atoms with E-state index in [2.05, 4.69) is 4.98 Å². The zero-order chi connectivity index (χ0) is 15.6. The molecular formula is C13H9Cl2F3N2O. The van der Waals surface area contributed by atoms with E-state index >= 15 is 0 Å². The van der Waals surface area contributed by atoms with Crippen LogP contribution in [0.4, 0.5) is 13.2 Å². The largest absolute Gasteiger partial charge is 0.437 e. The van der Waals surface area contributed by atoms with Crippen molar-refractivity contribution in [1.82, 2.24) is 4.98 Å². The van der Waals surface area contributed by atoms with E-state index < -0.39 is 11.9 Å². The molecule has 8 heteroatoms. The quantitative estimate of drug-likeness (QED) is 0.886. The molecule has 0 radical (unpaired) electrons. The normalized spacial score (nSPS) is 11.5. The highest BCUT2D eigenvalue weighted by Gasteiger charge is 2.33. The Labute approximate surface area is 128 Å². The Kier molecular flexibility index (Phi) is 4.61. The van der Waals surface area contributed by atoms with E-state index in [0.29, 0.717) is 10.6 Å². The predicted molar refractivity (Wildman–Crippen MR) is 73.7 cm³/mol.